The first kappa shape index (κ1) is 20.7. The number of hydrogen-bond donors (Lipinski definition) is 1. The minimum Gasteiger partial charge on any atom is -0.490 e. The number of benzene rings is 2. The van der Waals surface area contributed by atoms with Crippen molar-refractivity contribution < 1.29 is 22.7 Å². The predicted molar refractivity (Wildman–Crippen MR) is 112 cm³/mol. The summed E-state index contributed by atoms with van der Waals surface area (Å²) in [5.41, 5.74) is 1.95. The van der Waals surface area contributed by atoms with E-state index in [9.17, 15) is 13.2 Å². The Hall–Kier alpha value is -2.58. The Morgan fingerprint density at radius 1 is 1.07 bits per heavy atom. The van der Waals surface area contributed by atoms with Gasteiger partial charge in [-0.05, 0) is 49.6 Å². The molecular weight excluding hydrogens is 404 g/mol. The van der Waals surface area contributed by atoms with Crippen molar-refractivity contribution in [2.24, 2.45) is 0 Å². The Morgan fingerprint density at radius 3 is 2.57 bits per heavy atom. The van der Waals surface area contributed by atoms with Crippen molar-refractivity contribution in [3.63, 3.8) is 0 Å². The van der Waals surface area contributed by atoms with Gasteiger partial charge in [-0.15, -0.1) is 0 Å². The fraction of sp³-hybridized carbons (Fsp3) is 0.409. The van der Waals surface area contributed by atoms with Gasteiger partial charge in [-0.25, -0.2) is 13.1 Å². The van der Waals surface area contributed by atoms with Crippen LogP contribution in [0.4, 0.5) is 0 Å². The van der Waals surface area contributed by atoms with Crippen LogP contribution in [0.3, 0.4) is 0 Å². The van der Waals surface area contributed by atoms with E-state index in [0.717, 1.165) is 36.1 Å². The molecule has 1 fully saturated rings. The van der Waals surface area contributed by atoms with Crippen LogP contribution in [-0.2, 0) is 14.8 Å². The van der Waals surface area contributed by atoms with Crippen molar-refractivity contribution in [2.45, 2.75) is 37.1 Å². The zero-order chi connectivity index (χ0) is 21.1. The van der Waals surface area contributed by atoms with Gasteiger partial charge >= 0.3 is 0 Å². The Bertz CT molecular complexity index is 1020. The van der Waals surface area contributed by atoms with Gasteiger partial charge in [0.1, 0.15) is 0 Å². The van der Waals surface area contributed by atoms with Crippen LogP contribution in [0.5, 0.6) is 11.5 Å². The molecule has 2 aromatic rings. The number of nitrogens with one attached hydrogen (secondary N) is 1. The molecule has 1 atom stereocenters. The molecule has 0 bridgehead atoms. The zero-order valence-corrected chi connectivity index (χ0v) is 17.8. The molecule has 160 valence electrons. The standard InChI is InChI=1S/C22H26N2O5S/c1-16-5-8-18(9-6-16)30(26,27)23-15-22(25)24-11-2-4-19(24)17-7-10-20-21(14-17)29-13-3-12-28-20/h5-10,14,19,23H,2-4,11-13,15H2,1H3. The van der Waals surface area contributed by atoms with Gasteiger partial charge in [-0.2, -0.15) is 0 Å². The van der Waals surface area contributed by atoms with E-state index in [1.807, 2.05) is 25.1 Å². The molecule has 7 nitrogen and oxygen atoms in total. The van der Waals surface area contributed by atoms with E-state index in [0.29, 0.717) is 25.5 Å². The number of carbonyl (C=O) groups excluding carboxylic acids is 1. The largest absolute Gasteiger partial charge is 0.490 e. The second kappa shape index (κ2) is 8.65. The third-order valence-corrected chi connectivity index (χ3v) is 6.89. The summed E-state index contributed by atoms with van der Waals surface area (Å²) < 4.78 is 38.9. The fourth-order valence-electron chi connectivity index (χ4n) is 3.86. The molecule has 0 spiro atoms. The number of nitrogens with zero attached hydrogens (tertiary/aromatic N) is 1. The monoisotopic (exact) mass is 430 g/mol. The van der Waals surface area contributed by atoms with Crippen LogP contribution < -0.4 is 14.2 Å². The van der Waals surface area contributed by atoms with E-state index >= 15 is 0 Å². The summed E-state index contributed by atoms with van der Waals surface area (Å²) >= 11 is 0. The Morgan fingerprint density at radius 2 is 1.80 bits per heavy atom. The van der Waals surface area contributed by atoms with Gasteiger partial charge in [0, 0.05) is 13.0 Å². The van der Waals surface area contributed by atoms with Crippen LogP contribution in [0.1, 0.15) is 36.4 Å². The fourth-order valence-corrected chi connectivity index (χ4v) is 4.83. The molecule has 0 radical (unpaired) electrons. The van der Waals surface area contributed by atoms with Crippen molar-refractivity contribution in [3.05, 3.63) is 53.6 Å². The highest BCUT2D eigenvalue weighted by Gasteiger charge is 2.31. The number of hydrogen-bond acceptors (Lipinski definition) is 5. The maximum Gasteiger partial charge on any atom is 0.241 e. The van der Waals surface area contributed by atoms with Gasteiger partial charge in [-0.1, -0.05) is 23.8 Å². The second-order valence-electron chi connectivity index (χ2n) is 7.64. The third-order valence-electron chi connectivity index (χ3n) is 5.47. The zero-order valence-electron chi connectivity index (χ0n) is 17.0. The molecule has 4 rings (SSSR count). The molecule has 8 heteroatoms. The van der Waals surface area contributed by atoms with Gasteiger partial charge in [0.15, 0.2) is 11.5 Å². The number of sulfonamides is 1. The number of amides is 1. The highest BCUT2D eigenvalue weighted by molar-refractivity contribution is 7.89. The first-order chi connectivity index (χ1) is 14.4. The minimum atomic E-state index is -3.73. The Kier molecular flexibility index (Phi) is 5.97. The summed E-state index contributed by atoms with van der Waals surface area (Å²) in [6.45, 7) is 3.45. The molecule has 30 heavy (non-hydrogen) atoms. The summed E-state index contributed by atoms with van der Waals surface area (Å²) in [5, 5.41) is 0. The van der Waals surface area contributed by atoms with E-state index in [-0.39, 0.29) is 23.4 Å². The first-order valence-corrected chi connectivity index (χ1v) is 11.7. The van der Waals surface area contributed by atoms with Crippen LogP contribution >= 0.6 is 0 Å². The third kappa shape index (κ3) is 4.44. The van der Waals surface area contributed by atoms with Crippen molar-refractivity contribution in [1.29, 1.82) is 0 Å². The molecule has 2 aromatic carbocycles. The van der Waals surface area contributed by atoms with Gasteiger partial charge in [-0.3, -0.25) is 4.79 Å². The summed E-state index contributed by atoms with van der Waals surface area (Å²) in [7, 11) is -3.73. The molecule has 2 heterocycles. The van der Waals surface area contributed by atoms with Crippen LogP contribution in [0.25, 0.3) is 0 Å². The number of likely N-dealkylation sites (tertiary alicyclic amines) is 1. The highest BCUT2D eigenvalue weighted by Crippen LogP contribution is 2.37. The number of ether oxygens (including phenoxy) is 2. The summed E-state index contributed by atoms with van der Waals surface area (Å²) in [6.07, 6.45) is 2.53. The van der Waals surface area contributed by atoms with E-state index in [4.69, 9.17) is 9.47 Å². The number of fused-ring (bicyclic) bond motifs is 1. The molecule has 0 aromatic heterocycles. The number of carbonyl (C=O) groups is 1. The lowest BCUT2D eigenvalue weighted by Crippen LogP contribution is -2.39. The normalized spacial score (nSPS) is 18.8. The van der Waals surface area contributed by atoms with Crippen molar-refractivity contribution >= 4 is 15.9 Å². The lowest BCUT2D eigenvalue weighted by atomic mass is 10.0. The van der Waals surface area contributed by atoms with Crippen LogP contribution in [0.15, 0.2) is 47.4 Å². The lowest BCUT2D eigenvalue weighted by Gasteiger charge is -2.26. The average molecular weight is 431 g/mol. The van der Waals surface area contributed by atoms with Crippen LogP contribution in [-0.4, -0.2) is 45.5 Å². The molecule has 0 aliphatic carbocycles. The first-order valence-electron chi connectivity index (χ1n) is 10.2. The van der Waals surface area contributed by atoms with Gasteiger partial charge in [0.05, 0.1) is 30.7 Å². The van der Waals surface area contributed by atoms with Crippen molar-refractivity contribution in [2.75, 3.05) is 26.3 Å². The molecule has 1 N–H and O–H groups in total. The van der Waals surface area contributed by atoms with Gasteiger partial charge < -0.3 is 14.4 Å². The Balaban J connectivity index is 1.45. The molecule has 1 unspecified atom stereocenters. The average Bonchev–Trinajstić information content (AvgIpc) is 3.11. The number of aryl methyl sites for hydroxylation is 1. The van der Waals surface area contributed by atoms with Crippen molar-refractivity contribution in [1.82, 2.24) is 9.62 Å². The van der Waals surface area contributed by atoms with Crippen LogP contribution in [0.2, 0.25) is 0 Å². The molecule has 1 saturated heterocycles. The van der Waals surface area contributed by atoms with E-state index in [2.05, 4.69) is 4.72 Å². The van der Waals surface area contributed by atoms with E-state index in [1.165, 1.54) is 0 Å². The van der Waals surface area contributed by atoms with E-state index < -0.39 is 10.0 Å². The molecule has 2 aliphatic heterocycles. The number of rotatable bonds is 5. The molecule has 0 saturated carbocycles. The maximum atomic E-state index is 12.8. The Labute approximate surface area is 177 Å². The second-order valence-corrected chi connectivity index (χ2v) is 9.41. The SMILES string of the molecule is Cc1ccc(S(=O)(=O)NCC(=O)N2CCCC2c2ccc3c(c2)OCCCO3)cc1. The van der Waals surface area contributed by atoms with Gasteiger partial charge in [0.25, 0.3) is 0 Å². The van der Waals surface area contributed by atoms with E-state index in [1.54, 1.807) is 29.2 Å². The van der Waals surface area contributed by atoms with Gasteiger partial charge in [0.2, 0.25) is 15.9 Å². The highest BCUT2D eigenvalue weighted by atomic mass is 32.2. The predicted octanol–water partition coefficient (Wildman–Crippen LogP) is 2.80. The van der Waals surface area contributed by atoms with Crippen molar-refractivity contribution in [3.8, 4) is 11.5 Å². The maximum absolute atomic E-state index is 12.8. The quantitative estimate of drug-likeness (QED) is 0.789. The van der Waals surface area contributed by atoms with Crippen LogP contribution in [0, 0.1) is 6.92 Å². The topological polar surface area (TPSA) is 84.9 Å². The lowest BCUT2D eigenvalue weighted by molar-refractivity contribution is -0.130. The smallest absolute Gasteiger partial charge is 0.241 e. The minimum absolute atomic E-state index is 0.0986. The summed E-state index contributed by atoms with van der Waals surface area (Å²) in [6, 6.07) is 12.2. The molecule has 2 aliphatic rings. The molecular formula is C22H26N2O5S. The summed E-state index contributed by atoms with van der Waals surface area (Å²) in [4.78, 5) is 14.7. The summed E-state index contributed by atoms with van der Waals surface area (Å²) in [5.74, 6) is 1.18. The molecule has 1 amide bonds.